The summed E-state index contributed by atoms with van der Waals surface area (Å²) < 4.78 is 5.40. The Balaban J connectivity index is 1.65. The number of para-hydroxylation sites is 1. The van der Waals surface area contributed by atoms with E-state index in [9.17, 15) is 4.79 Å². The van der Waals surface area contributed by atoms with E-state index in [2.05, 4.69) is 28.0 Å². The number of carbonyl (C=O) groups is 1. The number of benzene rings is 2. The summed E-state index contributed by atoms with van der Waals surface area (Å²) in [4.78, 5) is 18.0. The van der Waals surface area contributed by atoms with Crippen LogP contribution in [0.15, 0.2) is 48.5 Å². The summed E-state index contributed by atoms with van der Waals surface area (Å²) in [6.07, 6.45) is 5.64. The normalized spacial score (nSPS) is 20.0. The fourth-order valence-electron chi connectivity index (χ4n) is 4.41. The lowest BCUT2D eigenvalue weighted by molar-refractivity contribution is 0.0612. The quantitative estimate of drug-likeness (QED) is 0.791. The number of anilines is 1. The van der Waals surface area contributed by atoms with Gasteiger partial charge < -0.3 is 14.5 Å². The van der Waals surface area contributed by atoms with Crippen molar-refractivity contribution in [2.24, 2.45) is 0 Å². The summed E-state index contributed by atoms with van der Waals surface area (Å²) in [5.74, 6) is 1.01. The average Bonchev–Trinajstić information content (AvgIpc) is 3.28. The van der Waals surface area contributed by atoms with E-state index in [0.717, 1.165) is 55.9 Å². The van der Waals surface area contributed by atoms with Crippen LogP contribution in [0, 0.1) is 0 Å². The molecule has 0 aromatic heterocycles. The molecular formula is C23H28N2O2. The summed E-state index contributed by atoms with van der Waals surface area (Å²) in [5.41, 5.74) is 3.10. The molecule has 2 aromatic rings. The Kier molecular flexibility index (Phi) is 5.33. The number of rotatable bonds is 4. The van der Waals surface area contributed by atoms with Crippen molar-refractivity contribution in [1.82, 2.24) is 4.90 Å². The van der Waals surface area contributed by atoms with Gasteiger partial charge in [0.05, 0.1) is 18.7 Å². The molecule has 4 rings (SSSR count). The molecule has 4 heteroatoms. The Hall–Kier alpha value is -2.49. The van der Waals surface area contributed by atoms with Crippen LogP contribution in [-0.2, 0) is 0 Å². The van der Waals surface area contributed by atoms with Crippen molar-refractivity contribution >= 4 is 11.6 Å². The van der Waals surface area contributed by atoms with Crippen molar-refractivity contribution in [3.8, 4) is 5.75 Å². The first-order valence-corrected chi connectivity index (χ1v) is 10.1. The van der Waals surface area contributed by atoms with Crippen LogP contribution in [0.25, 0.3) is 0 Å². The highest BCUT2D eigenvalue weighted by molar-refractivity contribution is 6.00. The number of hydrogen-bond donors (Lipinski definition) is 0. The maximum Gasteiger partial charge on any atom is 0.256 e. The lowest BCUT2D eigenvalue weighted by atomic mass is 9.94. The average molecular weight is 364 g/mol. The largest absolute Gasteiger partial charge is 0.497 e. The highest BCUT2D eigenvalue weighted by Crippen LogP contribution is 2.35. The van der Waals surface area contributed by atoms with Crippen molar-refractivity contribution in [2.45, 2.75) is 38.1 Å². The van der Waals surface area contributed by atoms with Gasteiger partial charge in [-0.05, 0) is 61.9 Å². The van der Waals surface area contributed by atoms with Gasteiger partial charge in [0.1, 0.15) is 5.75 Å². The van der Waals surface area contributed by atoms with E-state index in [1.165, 1.54) is 18.4 Å². The van der Waals surface area contributed by atoms with Crippen molar-refractivity contribution in [2.75, 3.05) is 31.6 Å². The maximum atomic E-state index is 13.6. The second-order valence-electron chi connectivity index (χ2n) is 7.50. The predicted octanol–water partition coefficient (Wildman–Crippen LogP) is 4.66. The molecule has 0 bridgehead atoms. The third-order valence-corrected chi connectivity index (χ3v) is 5.82. The van der Waals surface area contributed by atoms with Crippen LogP contribution in [0.5, 0.6) is 5.75 Å². The third-order valence-electron chi connectivity index (χ3n) is 5.82. The number of nitrogens with zero attached hydrogens (tertiary/aromatic N) is 2. The molecule has 2 heterocycles. The van der Waals surface area contributed by atoms with Crippen molar-refractivity contribution in [1.29, 1.82) is 0 Å². The van der Waals surface area contributed by atoms with E-state index in [1.807, 2.05) is 30.3 Å². The molecule has 0 N–H and O–H groups in total. The second-order valence-corrected chi connectivity index (χ2v) is 7.50. The van der Waals surface area contributed by atoms with Crippen LogP contribution in [0.1, 0.15) is 54.1 Å². The molecule has 2 fully saturated rings. The first-order valence-electron chi connectivity index (χ1n) is 10.1. The minimum atomic E-state index is 0.119. The third kappa shape index (κ3) is 3.66. The summed E-state index contributed by atoms with van der Waals surface area (Å²) in [6, 6.07) is 16.4. The molecule has 2 aromatic carbocycles. The molecule has 2 aliphatic heterocycles. The predicted molar refractivity (Wildman–Crippen MR) is 109 cm³/mol. The first kappa shape index (κ1) is 17.9. The smallest absolute Gasteiger partial charge is 0.256 e. The molecule has 1 amide bonds. The van der Waals surface area contributed by atoms with E-state index < -0.39 is 0 Å². The molecule has 0 aliphatic carbocycles. The minimum absolute atomic E-state index is 0.119. The molecule has 27 heavy (non-hydrogen) atoms. The SMILES string of the molecule is COc1cccc(C2CCCCN2C(=O)c2ccccc2N2CCCC2)c1. The van der Waals surface area contributed by atoms with E-state index in [1.54, 1.807) is 7.11 Å². The van der Waals surface area contributed by atoms with Crippen LogP contribution in [-0.4, -0.2) is 37.6 Å². The van der Waals surface area contributed by atoms with Gasteiger partial charge >= 0.3 is 0 Å². The van der Waals surface area contributed by atoms with E-state index in [4.69, 9.17) is 4.74 Å². The molecule has 0 spiro atoms. The highest BCUT2D eigenvalue weighted by atomic mass is 16.5. The molecule has 0 saturated carbocycles. The highest BCUT2D eigenvalue weighted by Gasteiger charge is 2.31. The first-order chi connectivity index (χ1) is 13.3. The molecule has 142 valence electrons. The lowest BCUT2D eigenvalue weighted by Crippen LogP contribution is -2.39. The van der Waals surface area contributed by atoms with E-state index in [-0.39, 0.29) is 11.9 Å². The van der Waals surface area contributed by atoms with Crippen LogP contribution in [0.4, 0.5) is 5.69 Å². The van der Waals surface area contributed by atoms with Gasteiger partial charge in [-0.25, -0.2) is 0 Å². The fraction of sp³-hybridized carbons (Fsp3) is 0.435. The number of hydrogen-bond acceptors (Lipinski definition) is 3. The van der Waals surface area contributed by atoms with Crippen LogP contribution in [0.3, 0.4) is 0 Å². The number of amides is 1. The standard InChI is InChI=1S/C23H28N2O2/c1-27-19-10-8-9-18(17-19)21-12-4-5-16-25(21)23(26)20-11-2-3-13-22(20)24-14-6-7-15-24/h2-3,8-11,13,17,21H,4-7,12,14-16H2,1H3. The number of carbonyl (C=O) groups excluding carboxylic acids is 1. The molecular weight excluding hydrogens is 336 g/mol. The molecule has 1 atom stereocenters. The van der Waals surface area contributed by atoms with Gasteiger partial charge in [-0.3, -0.25) is 4.79 Å². The Morgan fingerprint density at radius 1 is 0.963 bits per heavy atom. The fourth-order valence-corrected chi connectivity index (χ4v) is 4.41. The van der Waals surface area contributed by atoms with Gasteiger partial charge in [0, 0.05) is 25.3 Å². The van der Waals surface area contributed by atoms with Gasteiger partial charge in [-0.15, -0.1) is 0 Å². The molecule has 0 radical (unpaired) electrons. The van der Waals surface area contributed by atoms with E-state index >= 15 is 0 Å². The number of piperidine rings is 1. The molecule has 2 aliphatic rings. The lowest BCUT2D eigenvalue weighted by Gasteiger charge is -2.37. The van der Waals surface area contributed by atoms with Crippen molar-refractivity contribution in [3.63, 3.8) is 0 Å². The summed E-state index contributed by atoms with van der Waals surface area (Å²) in [5, 5.41) is 0. The monoisotopic (exact) mass is 364 g/mol. The van der Waals surface area contributed by atoms with Gasteiger partial charge in [-0.1, -0.05) is 24.3 Å². The zero-order valence-corrected chi connectivity index (χ0v) is 16.1. The number of likely N-dealkylation sites (tertiary alicyclic amines) is 1. The molecule has 2 saturated heterocycles. The zero-order valence-electron chi connectivity index (χ0n) is 16.1. The van der Waals surface area contributed by atoms with Gasteiger partial charge in [0.25, 0.3) is 5.91 Å². The van der Waals surface area contributed by atoms with Gasteiger partial charge in [0.2, 0.25) is 0 Å². The van der Waals surface area contributed by atoms with Crippen LogP contribution in [0.2, 0.25) is 0 Å². The maximum absolute atomic E-state index is 13.6. The Labute approximate surface area is 161 Å². The van der Waals surface area contributed by atoms with E-state index in [0.29, 0.717) is 0 Å². The van der Waals surface area contributed by atoms with Crippen molar-refractivity contribution in [3.05, 3.63) is 59.7 Å². The van der Waals surface area contributed by atoms with Crippen LogP contribution >= 0.6 is 0 Å². The summed E-state index contributed by atoms with van der Waals surface area (Å²) in [7, 11) is 1.69. The Morgan fingerprint density at radius 2 is 1.74 bits per heavy atom. The topological polar surface area (TPSA) is 32.8 Å². The van der Waals surface area contributed by atoms with Gasteiger partial charge in [-0.2, -0.15) is 0 Å². The molecule has 1 unspecified atom stereocenters. The summed E-state index contributed by atoms with van der Waals surface area (Å²) >= 11 is 0. The molecule has 4 nitrogen and oxygen atoms in total. The van der Waals surface area contributed by atoms with Gasteiger partial charge in [0.15, 0.2) is 0 Å². The van der Waals surface area contributed by atoms with Crippen molar-refractivity contribution < 1.29 is 9.53 Å². The number of methoxy groups -OCH3 is 1. The minimum Gasteiger partial charge on any atom is -0.497 e. The summed E-state index contributed by atoms with van der Waals surface area (Å²) in [6.45, 7) is 2.91. The zero-order chi connectivity index (χ0) is 18.6. The van der Waals surface area contributed by atoms with Crippen LogP contribution < -0.4 is 9.64 Å². The number of ether oxygens (including phenoxy) is 1. The Bertz CT molecular complexity index is 798. The second kappa shape index (κ2) is 8.03. The Morgan fingerprint density at radius 3 is 2.56 bits per heavy atom.